The van der Waals surface area contributed by atoms with E-state index in [1.165, 1.54) is 0 Å². The van der Waals surface area contributed by atoms with Gasteiger partial charge in [-0.25, -0.2) is 8.78 Å². The van der Waals surface area contributed by atoms with Gasteiger partial charge in [-0.3, -0.25) is 0 Å². The van der Waals surface area contributed by atoms with Crippen molar-refractivity contribution in [3.8, 4) is 0 Å². The van der Waals surface area contributed by atoms with E-state index in [-0.39, 0.29) is 12.8 Å². The Bertz CT molecular complexity index is 316. The van der Waals surface area contributed by atoms with Gasteiger partial charge < -0.3 is 0 Å². The molecule has 1 aliphatic carbocycles. The van der Waals surface area contributed by atoms with E-state index in [0.717, 1.165) is 16.7 Å². The predicted molar refractivity (Wildman–Crippen MR) is 43.5 cm³/mol. The maximum absolute atomic E-state index is 12.9. The highest BCUT2D eigenvalue weighted by molar-refractivity contribution is 5.37. The zero-order valence-corrected chi connectivity index (χ0v) is 6.90. The number of halogens is 2. The van der Waals surface area contributed by atoms with Crippen LogP contribution in [-0.2, 0) is 12.8 Å². The molecule has 64 valence electrons. The van der Waals surface area contributed by atoms with Gasteiger partial charge in [0.25, 0.3) is 5.92 Å². The van der Waals surface area contributed by atoms with Crippen LogP contribution < -0.4 is 0 Å². The van der Waals surface area contributed by atoms with Crippen molar-refractivity contribution in [2.24, 2.45) is 0 Å². The second-order valence-electron chi connectivity index (χ2n) is 3.48. The second-order valence-corrected chi connectivity index (χ2v) is 3.48. The van der Waals surface area contributed by atoms with Gasteiger partial charge in [0.2, 0.25) is 0 Å². The van der Waals surface area contributed by atoms with Crippen LogP contribution >= 0.6 is 0 Å². The highest BCUT2D eigenvalue weighted by atomic mass is 19.3. The third kappa shape index (κ3) is 1.22. The van der Waals surface area contributed by atoms with Gasteiger partial charge in [0, 0.05) is 12.8 Å². The molecule has 0 unspecified atom stereocenters. The minimum atomic E-state index is -2.50. The van der Waals surface area contributed by atoms with E-state index in [9.17, 15) is 8.78 Å². The van der Waals surface area contributed by atoms with Gasteiger partial charge in [0.1, 0.15) is 0 Å². The van der Waals surface area contributed by atoms with Crippen molar-refractivity contribution < 1.29 is 8.78 Å². The van der Waals surface area contributed by atoms with Crippen molar-refractivity contribution >= 4 is 0 Å². The first kappa shape index (κ1) is 7.71. The molecule has 0 aromatic heterocycles. The first-order valence-electron chi connectivity index (χ1n) is 4.03. The molecule has 0 atom stereocenters. The number of fused-ring (bicyclic) bond motifs is 1. The number of hydrogen-bond acceptors (Lipinski definition) is 0. The molecular weight excluding hydrogens is 158 g/mol. The van der Waals surface area contributed by atoms with E-state index in [0.29, 0.717) is 0 Å². The highest BCUT2D eigenvalue weighted by Gasteiger charge is 2.36. The van der Waals surface area contributed by atoms with Crippen LogP contribution in [0.3, 0.4) is 0 Å². The van der Waals surface area contributed by atoms with Crippen LogP contribution in [-0.4, -0.2) is 5.92 Å². The van der Waals surface area contributed by atoms with Crippen LogP contribution in [0.25, 0.3) is 0 Å². The van der Waals surface area contributed by atoms with Crippen LogP contribution in [0.15, 0.2) is 18.2 Å². The smallest absolute Gasteiger partial charge is 0.206 e. The molecule has 1 aromatic carbocycles. The second kappa shape index (κ2) is 2.28. The molecule has 0 fully saturated rings. The molecule has 0 N–H and O–H groups in total. The molecule has 12 heavy (non-hydrogen) atoms. The summed E-state index contributed by atoms with van der Waals surface area (Å²) < 4.78 is 25.7. The molecule has 2 rings (SSSR count). The molecule has 0 saturated carbocycles. The summed E-state index contributed by atoms with van der Waals surface area (Å²) in [5.41, 5.74) is 2.69. The summed E-state index contributed by atoms with van der Waals surface area (Å²) in [4.78, 5) is 0. The van der Waals surface area contributed by atoms with Crippen molar-refractivity contribution in [2.45, 2.75) is 25.7 Å². The monoisotopic (exact) mass is 168 g/mol. The Labute approximate surface area is 70.2 Å². The van der Waals surface area contributed by atoms with Crippen molar-refractivity contribution in [3.63, 3.8) is 0 Å². The molecule has 2 heteroatoms. The van der Waals surface area contributed by atoms with Crippen molar-refractivity contribution in [2.75, 3.05) is 0 Å². The fourth-order valence-corrected chi connectivity index (χ4v) is 1.71. The van der Waals surface area contributed by atoms with E-state index >= 15 is 0 Å². The number of aryl methyl sites for hydroxylation is 1. The maximum atomic E-state index is 12.9. The van der Waals surface area contributed by atoms with Crippen LogP contribution in [0.5, 0.6) is 0 Å². The first-order chi connectivity index (χ1) is 5.57. The standard InChI is InChI=1S/C10H10F2/c1-7-2-3-8-5-10(11,12)6-9(8)4-7/h2-4H,5-6H2,1H3. The average Bonchev–Trinajstić information content (AvgIpc) is 2.21. The lowest BCUT2D eigenvalue weighted by atomic mass is 10.1. The Hall–Kier alpha value is -0.920. The normalized spacial score (nSPS) is 19.2. The van der Waals surface area contributed by atoms with E-state index < -0.39 is 5.92 Å². The van der Waals surface area contributed by atoms with E-state index in [1.54, 1.807) is 0 Å². The molecule has 0 nitrogen and oxygen atoms in total. The Morgan fingerprint density at radius 2 is 1.83 bits per heavy atom. The van der Waals surface area contributed by atoms with Gasteiger partial charge in [0.15, 0.2) is 0 Å². The molecule has 0 bridgehead atoms. The van der Waals surface area contributed by atoms with Crippen LogP contribution in [0.1, 0.15) is 16.7 Å². The molecule has 0 spiro atoms. The van der Waals surface area contributed by atoms with Gasteiger partial charge in [-0.1, -0.05) is 23.8 Å². The summed E-state index contributed by atoms with van der Waals surface area (Å²) in [6.45, 7) is 1.93. The zero-order chi connectivity index (χ0) is 8.77. The van der Waals surface area contributed by atoms with E-state index in [2.05, 4.69) is 0 Å². The Kier molecular flexibility index (Phi) is 1.47. The van der Waals surface area contributed by atoms with Crippen molar-refractivity contribution in [1.82, 2.24) is 0 Å². The van der Waals surface area contributed by atoms with E-state index in [1.807, 2.05) is 25.1 Å². The summed E-state index contributed by atoms with van der Waals surface area (Å²) in [6.07, 6.45) is -0.160. The summed E-state index contributed by atoms with van der Waals surface area (Å²) in [5.74, 6) is -2.50. The van der Waals surface area contributed by atoms with E-state index in [4.69, 9.17) is 0 Å². The summed E-state index contributed by atoms with van der Waals surface area (Å²) in [6, 6.07) is 5.56. The Morgan fingerprint density at radius 1 is 1.17 bits per heavy atom. The largest absolute Gasteiger partial charge is 0.256 e. The van der Waals surface area contributed by atoms with Crippen molar-refractivity contribution in [3.05, 3.63) is 34.9 Å². The minimum absolute atomic E-state index is 0.0794. The summed E-state index contributed by atoms with van der Waals surface area (Å²) in [5, 5.41) is 0. The Balaban J connectivity index is 2.43. The van der Waals surface area contributed by atoms with Gasteiger partial charge in [0.05, 0.1) is 0 Å². The van der Waals surface area contributed by atoms with Crippen molar-refractivity contribution in [1.29, 1.82) is 0 Å². The lowest BCUT2D eigenvalue weighted by Gasteiger charge is -2.04. The lowest BCUT2D eigenvalue weighted by Crippen LogP contribution is -2.14. The SMILES string of the molecule is Cc1ccc2c(c1)CC(F)(F)C2. The van der Waals surface area contributed by atoms with Crippen LogP contribution in [0.4, 0.5) is 8.78 Å². The molecule has 1 aromatic rings. The molecule has 0 aliphatic heterocycles. The lowest BCUT2D eigenvalue weighted by molar-refractivity contribution is 0.0130. The van der Waals surface area contributed by atoms with Gasteiger partial charge in [-0.2, -0.15) is 0 Å². The minimum Gasteiger partial charge on any atom is -0.206 e. The number of hydrogen-bond donors (Lipinski definition) is 0. The number of rotatable bonds is 0. The molecule has 0 radical (unpaired) electrons. The first-order valence-corrected chi connectivity index (χ1v) is 4.03. The fraction of sp³-hybridized carbons (Fsp3) is 0.400. The quantitative estimate of drug-likeness (QED) is 0.558. The number of benzene rings is 1. The molecule has 1 aliphatic rings. The van der Waals surface area contributed by atoms with Gasteiger partial charge >= 0.3 is 0 Å². The molecule has 0 amide bonds. The maximum Gasteiger partial charge on any atom is 0.256 e. The average molecular weight is 168 g/mol. The van der Waals surface area contributed by atoms with Gasteiger partial charge in [-0.15, -0.1) is 0 Å². The Morgan fingerprint density at radius 3 is 2.58 bits per heavy atom. The predicted octanol–water partition coefficient (Wildman–Crippen LogP) is 2.73. The molecule has 0 heterocycles. The van der Waals surface area contributed by atoms with Crippen LogP contribution in [0.2, 0.25) is 0 Å². The highest BCUT2D eigenvalue weighted by Crippen LogP contribution is 2.34. The van der Waals surface area contributed by atoms with Crippen LogP contribution in [0, 0.1) is 6.92 Å². The number of alkyl halides is 2. The zero-order valence-electron chi connectivity index (χ0n) is 6.90. The van der Waals surface area contributed by atoms with Gasteiger partial charge in [-0.05, 0) is 18.1 Å². The topological polar surface area (TPSA) is 0 Å². The summed E-state index contributed by atoms with van der Waals surface area (Å²) in [7, 11) is 0. The fourth-order valence-electron chi connectivity index (χ4n) is 1.71. The third-order valence-electron chi connectivity index (χ3n) is 2.26. The molecular formula is C10H10F2. The summed E-state index contributed by atoms with van der Waals surface area (Å²) >= 11 is 0. The third-order valence-corrected chi connectivity index (χ3v) is 2.26. The molecule has 0 saturated heterocycles.